The average molecular weight is 281 g/mol. The Morgan fingerprint density at radius 3 is 2.95 bits per heavy atom. The van der Waals surface area contributed by atoms with E-state index in [-0.39, 0.29) is 5.91 Å². The summed E-state index contributed by atoms with van der Waals surface area (Å²) in [6, 6.07) is 8.18. The minimum atomic E-state index is 0.236. The monoisotopic (exact) mass is 280 g/mol. The summed E-state index contributed by atoms with van der Waals surface area (Å²) in [6.07, 6.45) is 4.35. The summed E-state index contributed by atoms with van der Waals surface area (Å²) in [5.41, 5.74) is 6.60. The number of carbonyl (C=O) groups excluding carboxylic acids is 1. The maximum atomic E-state index is 12.1. The molecule has 0 bridgehead atoms. The first-order valence-corrected chi connectivity index (χ1v) is 7.33. The molecule has 3 nitrogen and oxygen atoms in total. The first-order valence-electron chi connectivity index (χ1n) is 6.95. The Hall–Kier alpha value is -1.06. The van der Waals surface area contributed by atoms with Crippen LogP contribution < -0.4 is 5.73 Å². The van der Waals surface area contributed by atoms with Crippen molar-refractivity contribution >= 4 is 17.5 Å². The van der Waals surface area contributed by atoms with Gasteiger partial charge in [-0.1, -0.05) is 29.8 Å². The van der Waals surface area contributed by atoms with Crippen LogP contribution in [0, 0.1) is 0 Å². The number of likely N-dealkylation sites (tertiary alicyclic amines) is 1. The molecular weight excluding hydrogens is 260 g/mol. The third-order valence-electron chi connectivity index (χ3n) is 3.71. The summed E-state index contributed by atoms with van der Waals surface area (Å²) in [5, 5.41) is 0.795. The number of nitrogens with two attached hydrogens (primary N) is 1. The number of benzene rings is 1. The molecule has 1 aliphatic rings. The van der Waals surface area contributed by atoms with Gasteiger partial charge in [-0.05, 0) is 43.9 Å². The van der Waals surface area contributed by atoms with Crippen LogP contribution >= 0.6 is 11.6 Å². The van der Waals surface area contributed by atoms with Crippen molar-refractivity contribution in [3.63, 3.8) is 0 Å². The molecule has 104 valence electrons. The van der Waals surface area contributed by atoms with Crippen LogP contribution in [0.3, 0.4) is 0 Å². The molecule has 0 aromatic heterocycles. The molecule has 0 radical (unpaired) electrons. The third kappa shape index (κ3) is 3.71. The van der Waals surface area contributed by atoms with Gasteiger partial charge in [0.25, 0.3) is 0 Å². The van der Waals surface area contributed by atoms with E-state index in [1.807, 2.05) is 29.2 Å². The molecule has 1 aromatic carbocycles. The zero-order chi connectivity index (χ0) is 13.7. The van der Waals surface area contributed by atoms with Crippen molar-refractivity contribution in [3.05, 3.63) is 34.9 Å². The average Bonchev–Trinajstić information content (AvgIpc) is 2.87. The van der Waals surface area contributed by atoms with Crippen molar-refractivity contribution < 1.29 is 4.79 Å². The predicted octanol–water partition coefficient (Wildman–Crippen LogP) is 2.61. The van der Waals surface area contributed by atoms with E-state index in [9.17, 15) is 4.79 Å². The van der Waals surface area contributed by atoms with Crippen LogP contribution in [0.2, 0.25) is 5.02 Å². The van der Waals surface area contributed by atoms with E-state index < -0.39 is 0 Å². The molecule has 0 saturated carbocycles. The Morgan fingerprint density at radius 2 is 2.21 bits per heavy atom. The first kappa shape index (κ1) is 14.4. The van der Waals surface area contributed by atoms with Crippen molar-refractivity contribution in [3.8, 4) is 0 Å². The SMILES string of the molecule is NCCCC(=O)N1CCC[C@@H]1Cc1ccccc1Cl. The number of nitrogens with zero attached hydrogens (tertiary/aromatic N) is 1. The van der Waals surface area contributed by atoms with Gasteiger partial charge in [-0.2, -0.15) is 0 Å². The summed E-state index contributed by atoms with van der Waals surface area (Å²) in [7, 11) is 0. The van der Waals surface area contributed by atoms with E-state index in [0.29, 0.717) is 19.0 Å². The van der Waals surface area contributed by atoms with Gasteiger partial charge in [0.15, 0.2) is 0 Å². The van der Waals surface area contributed by atoms with E-state index in [1.54, 1.807) is 0 Å². The van der Waals surface area contributed by atoms with Crippen molar-refractivity contribution in [2.45, 2.75) is 38.1 Å². The van der Waals surface area contributed by atoms with E-state index in [0.717, 1.165) is 42.8 Å². The van der Waals surface area contributed by atoms with Crippen LogP contribution in [-0.2, 0) is 11.2 Å². The highest BCUT2D eigenvalue weighted by molar-refractivity contribution is 6.31. The Bertz CT molecular complexity index is 436. The van der Waals surface area contributed by atoms with Crippen LogP contribution in [0.5, 0.6) is 0 Å². The van der Waals surface area contributed by atoms with Gasteiger partial charge in [-0.3, -0.25) is 4.79 Å². The Morgan fingerprint density at radius 1 is 1.42 bits per heavy atom. The lowest BCUT2D eigenvalue weighted by Crippen LogP contribution is -2.36. The van der Waals surface area contributed by atoms with Gasteiger partial charge in [-0.25, -0.2) is 0 Å². The molecule has 1 aliphatic heterocycles. The minimum absolute atomic E-state index is 0.236. The number of hydrogen-bond donors (Lipinski definition) is 1. The second-order valence-electron chi connectivity index (χ2n) is 5.07. The zero-order valence-electron chi connectivity index (χ0n) is 11.1. The van der Waals surface area contributed by atoms with Crippen molar-refractivity contribution in [1.29, 1.82) is 0 Å². The van der Waals surface area contributed by atoms with Gasteiger partial charge < -0.3 is 10.6 Å². The smallest absolute Gasteiger partial charge is 0.222 e. The van der Waals surface area contributed by atoms with Crippen molar-refractivity contribution in [2.24, 2.45) is 5.73 Å². The first-order chi connectivity index (χ1) is 9.22. The normalized spacial score (nSPS) is 18.8. The Balaban J connectivity index is 1.99. The molecule has 19 heavy (non-hydrogen) atoms. The topological polar surface area (TPSA) is 46.3 Å². The van der Waals surface area contributed by atoms with Gasteiger partial charge in [0.05, 0.1) is 0 Å². The lowest BCUT2D eigenvalue weighted by Gasteiger charge is -2.25. The molecule has 2 N–H and O–H groups in total. The summed E-state index contributed by atoms with van der Waals surface area (Å²) < 4.78 is 0. The summed E-state index contributed by atoms with van der Waals surface area (Å²) in [4.78, 5) is 14.1. The summed E-state index contributed by atoms with van der Waals surface area (Å²) in [5.74, 6) is 0.236. The molecule has 1 saturated heterocycles. The fourth-order valence-corrected chi connectivity index (χ4v) is 2.90. The highest BCUT2D eigenvalue weighted by Crippen LogP contribution is 2.25. The molecule has 1 aromatic rings. The molecule has 1 heterocycles. The highest BCUT2D eigenvalue weighted by Gasteiger charge is 2.28. The quantitative estimate of drug-likeness (QED) is 0.901. The molecule has 1 fully saturated rings. The molecule has 1 atom stereocenters. The highest BCUT2D eigenvalue weighted by atomic mass is 35.5. The van der Waals surface area contributed by atoms with Crippen LogP contribution in [0.25, 0.3) is 0 Å². The van der Waals surface area contributed by atoms with Crippen LogP contribution in [0.15, 0.2) is 24.3 Å². The Kier molecular flexibility index (Phi) is 5.23. The van der Waals surface area contributed by atoms with Gasteiger partial charge in [0, 0.05) is 24.0 Å². The maximum absolute atomic E-state index is 12.1. The fraction of sp³-hybridized carbons (Fsp3) is 0.533. The molecule has 1 amide bonds. The minimum Gasteiger partial charge on any atom is -0.339 e. The second kappa shape index (κ2) is 6.92. The van der Waals surface area contributed by atoms with E-state index in [4.69, 9.17) is 17.3 Å². The lowest BCUT2D eigenvalue weighted by molar-refractivity contribution is -0.132. The molecule has 2 rings (SSSR count). The van der Waals surface area contributed by atoms with E-state index >= 15 is 0 Å². The van der Waals surface area contributed by atoms with Gasteiger partial charge in [0.2, 0.25) is 5.91 Å². The van der Waals surface area contributed by atoms with Crippen molar-refractivity contribution in [1.82, 2.24) is 4.90 Å². The van der Waals surface area contributed by atoms with E-state index in [1.165, 1.54) is 0 Å². The van der Waals surface area contributed by atoms with Gasteiger partial charge >= 0.3 is 0 Å². The Labute approximate surface area is 119 Å². The number of rotatable bonds is 5. The van der Waals surface area contributed by atoms with Crippen LogP contribution in [0.1, 0.15) is 31.2 Å². The number of carbonyl (C=O) groups is 1. The molecule has 0 unspecified atom stereocenters. The number of hydrogen-bond acceptors (Lipinski definition) is 2. The van der Waals surface area contributed by atoms with Gasteiger partial charge in [0.1, 0.15) is 0 Å². The molecule has 0 aliphatic carbocycles. The lowest BCUT2D eigenvalue weighted by atomic mass is 10.0. The molecular formula is C15H21ClN2O. The number of amides is 1. The van der Waals surface area contributed by atoms with Crippen molar-refractivity contribution in [2.75, 3.05) is 13.1 Å². The third-order valence-corrected chi connectivity index (χ3v) is 4.07. The number of halogens is 1. The standard InChI is InChI=1S/C15H21ClN2O/c16-14-7-2-1-5-12(14)11-13-6-4-10-18(13)15(19)8-3-9-17/h1-2,5,7,13H,3-4,6,8-11,17H2/t13-/m1/s1. The summed E-state index contributed by atoms with van der Waals surface area (Å²) >= 11 is 6.19. The van der Waals surface area contributed by atoms with Crippen LogP contribution in [-0.4, -0.2) is 29.9 Å². The molecule has 0 spiro atoms. The predicted molar refractivity (Wildman–Crippen MR) is 78.2 cm³/mol. The largest absolute Gasteiger partial charge is 0.339 e. The molecule has 4 heteroatoms. The maximum Gasteiger partial charge on any atom is 0.222 e. The van der Waals surface area contributed by atoms with Gasteiger partial charge in [-0.15, -0.1) is 0 Å². The van der Waals surface area contributed by atoms with Crippen LogP contribution in [0.4, 0.5) is 0 Å². The fourth-order valence-electron chi connectivity index (χ4n) is 2.69. The second-order valence-corrected chi connectivity index (χ2v) is 5.48. The summed E-state index contributed by atoms with van der Waals surface area (Å²) in [6.45, 7) is 1.45. The zero-order valence-corrected chi connectivity index (χ0v) is 11.9. The van der Waals surface area contributed by atoms with E-state index in [2.05, 4.69) is 0 Å².